The third-order valence-electron chi connectivity index (χ3n) is 2.03. The molecule has 1 atom stereocenters. The molecular formula is C9H16OSe2. The first-order valence-electron chi connectivity index (χ1n) is 4.57. The monoisotopic (exact) mass is 300 g/mol. The van der Waals surface area contributed by atoms with E-state index < -0.39 is 0 Å². The Morgan fingerprint density at radius 1 is 1.50 bits per heavy atom. The third kappa shape index (κ3) is 4.67. The number of Topliss-reactive ketones (excluding diaryl/α,β-unsaturated/α-hetero) is 1. The predicted molar refractivity (Wildman–Crippen MR) is 53.8 cm³/mol. The van der Waals surface area contributed by atoms with Gasteiger partial charge in [0, 0.05) is 0 Å². The molecular weight excluding hydrogens is 282 g/mol. The van der Waals surface area contributed by atoms with Gasteiger partial charge in [0.15, 0.2) is 0 Å². The Labute approximate surface area is 85.9 Å². The molecule has 0 aromatic carbocycles. The van der Waals surface area contributed by atoms with Crippen LogP contribution < -0.4 is 0 Å². The summed E-state index contributed by atoms with van der Waals surface area (Å²) in [6, 6.07) is 0. The summed E-state index contributed by atoms with van der Waals surface area (Å²) in [7, 11) is 0. The summed E-state index contributed by atoms with van der Waals surface area (Å²) in [4.78, 5) is 11.7. The van der Waals surface area contributed by atoms with Gasteiger partial charge in [0.2, 0.25) is 0 Å². The molecule has 0 aliphatic carbocycles. The van der Waals surface area contributed by atoms with Crippen molar-refractivity contribution in [2.75, 3.05) is 0 Å². The zero-order chi connectivity index (χ0) is 8.81. The Morgan fingerprint density at radius 2 is 2.33 bits per heavy atom. The van der Waals surface area contributed by atoms with Crippen molar-refractivity contribution >= 4 is 32.0 Å². The van der Waals surface area contributed by atoms with Crippen molar-refractivity contribution in [1.82, 2.24) is 0 Å². The first-order valence-corrected chi connectivity index (χ1v) is 11.1. The van der Waals surface area contributed by atoms with Crippen LogP contribution in [0, 0.1) is 0 Å². The summed E-state index contributed by atoms with van der Waals surface area (Å²) in [6.45, 7) is 1.70. The molecule has 70 valence electrons. The summed E-state index contributed by atoms with van der Waals surface area (Å²) in [5.74, 6) is 0.358. The van der Waals surface area contributed by atoms with E-state index in [4.69, 9.17) is 0 Å². The van der Waals surface area contributed by atoms with E-state index in [1.807, 2.05) is 0 Å². The van der Waals surface area contributed by atoms with Crippen LogP contribution in [-0.4, -0.2) is 32.0 Å². The summed E-state index contributed by atoms with van der Waals surface area (Å²) >= 11 is 2.03. The van der Waals surface area contributed by atoms with Crippen LogP contribution in [-0.2, 0) is 4.79 Å². The molecule has 1 unspecified atom stereocenters. The molecule has 3 heteroatoms. The molecule has 0 spiro atoms. The molecule has 12 heavy (non-hydrogen) atoms. The van der Waals surface area contributed by atoms with E-state index in [9.17, 15) is 4.79 Å². The maximum absolute atomic E-state index is 10.6. The Kier molecular flexibility index (Phi) is 5.58. The Hall–Kier alpha value is 0.709. The van der Waals surface area contributed by atoms with Crippen molar-refractivity contribution < 1.29 is 4.79 Å². The minimum absolute atomic E-state index is 0.358. The molecule has 0 bridgehead atoms. The zero-order valence-corrected chi connectivity index (χ0v) is 11.0. The van der Waals surface area contributed by atoms with Crippen LogP contribution in [0.4, 0.5) is 0 Å². The molecule has 1 aliphatic heterocycles. The van der Waals surface area contributed by atoms with Crippen LogP contribution >= 0.6 is 0 Å². The molecule has 0 saturated carbocycles. The topological polar surface area (TPSA) is 17.1 Å². The molecule has 0 N–H and O–H groups in total. The summed E-state index contributed by atoms with van der Waals surface area (Å²) in [5.41, 5.74) is 0. The van der Waals surface area contributed by atoms with Gasteiger partial charge in [0.1, 0.15) is 0 Å². The van der Waals surface area contributed by atoms with E-state index in [2.05, 4.69) is 0 Å². The van der Waals surface area contributed by atoms with E-state index in [0.717, 1.165) is 43.9 Å². The maximum atomic E-state index is 10.6. The summed E-state index contributed by atoms with van der Waals surface area (Å²) < 4.78 is 0. The number of hydrogen-bond acceptors (Lipinski definition) is 1. The molecule has 0 amide bonds. The zero-order valence-electron chi connectivity index (χ0n) is 7.54. The molecule has 0 radical (unpaired) electrons. The van der Waals surface area contributed by atoms with Crippen LogP contribution in [0.15, 0.2) is 0 Å². The molecule has 1 aliphatic rings. The van der Waals surface area contributed by atoms with Gasteiger partial charge in [-0.1, -0.05) is 0 Å². The molecule has 0 aromatic heterocycles. The van der Waals surface area contributed by atoms with Crippen LogP contribution in [0.5, 0.6) is 0 Å². The Balaban J connectivity index is 1.91. The van der Waals surface area contributed by atoms with Gasteiger partial charge < -0.3 is 0 Å². The van der Waals surface area contributed by atoms with Gasteiger partial charge in [-0.05, 0) is 0 Å². The normalized spacial score (nSPS) is 22.9. The standard InChI is InChI=1S/C9H16OSe2/c1-8(10)4-2-3-5-9-6-7-11-12-9/h9H,2-7H2,1H3. The predicted octanol–water partition coefficient (Wildman–Crippen LogP) is 2.07. The number of carbonyl (C=O) groups excluding carboxylic acids is 1. The van der Waals surface area contributed by atoms with Gasteiger partial charge in [-0.25, -0.2) is 0 Å². The molecule has 0 aromatic rings. The van der Waals surface area contributed by atoms with E-state index in [1.165, 1.54) is 24.6 Å². The fourth-order valence-electron chi connectivity index (χ4n) is 1.31. The van der Waals surface area contributed by atoms with E-state index in [-0.39, 0.29) is 0 Å². The van der Waals surface area contributed by atoms with Crippen LogP contribution in [0.3, 0.4) is 0 Å². The number of hydrogen-bond donors (Lipinski definition) is 0. The van der Waals surface area contributed by atoms with Crippen LogP contribution in [0.1, 0.15) is 39.0 Å². The average molecular weight is 298 g/mol. The quantitative estimate of drug-likeness (QED) is 0.561. The number of rotatable bonds is 5. The van der Waals surface area contributed by atoms with Crippen molar-refractivity contribution in [2.45, 2.75) is 49.2 Å². The van der Waals surface area contributed by atoms with Gasteiger partial charge in [-0.3, -0.25) is 0 Å². The Morgan fingerprint density at radius 3 is 2.92 bits per heavy atom. The second-order valence-electron chi connectivity index (χ2n) is 3.28. The van der Waals surface area contributed by atoms with Crippen LogP contribution in [0.25, 0.3) is 0 Å². The fraction of sp³-hybridized carbons (Fsp3) is 0.889. The van der Waals surface area contributed by atoms with Crippen molar-refractivity contribution in [1.29, 1.82) is 0 Å². The molecule has 1 fully saturated rings. The van der Waals surface area contributed by atoms with E-state index in [0.29, 0.717) is 5.78 Å². The molecule has 1 nitrogen and oxygen atoms in total. The van der Waals surface area contributed by atoms with Gasteiger partial charge in [-0.2, -0.15) is 0 Å². The Bertz CT molecular complexity index is 141. The first-order chi connectivity index (χ1) is 5.79. The third-order valence-corrected chi connectivity index (χ3v) is 11.0. The summed E-state index contributed by atoms with van der Waals surface area (Å²) in [6.07, 6.45) is 6.15. The van der Waals surface area contributed by atoms with Crippen LogP contribution in [0.2, 0.25) is 10.1 Å². The second-order valence-corrected chi connectivity index (χ2v) is 11.1. The van der Waals surface area contributed by atoms with E-state index >= 15 is 0 Å². The SMILES string of the molecule is CC(=O)CCCCC1CC[Se][Se]1. The van der Waals surface area contributed by atoms with Crippen molar-refractivity contribution in [3.63, 3.8) is 0 Å². The molecule has 1 heterocycles. The van der Waals surface area contributed by atoms with Crippen molar-refractivity contribution in [2.24, 2.45) is 0 Å². The van der Waals surface area contributed by atoms with Crippen molar-refractivity contribution in [3.05, 3.63) is 0 Å². The van der Waals surface area contributed by atoms with Gasteiger partial charge >= 0.3 is 86.0 Å². The van der Waals surface area contributed by atoms with Gasteiger partial charge in [-0.15, -0.1) is 0 Å². The first kappa shape index (κ1) is 10.8. The van der Waals surface area contributed by atoms with Crippen molar-refractivity contribution in [3.8, 4) is 0 Å². The van der Waals surface area contributed by atoms with Gasteiger partial charge in [0.05, 0.1) is 0 Å². The number of carbonyl (C=O) groups is 1. The number of unbranched alkanes of at least 4 members (excludes halogenated alkanes) is 1. The van der Waals surface area contributed by atoms with Gasteiger partial charge in [0.25, 0.3) is 0 Å². The average Bonchev–Trinajstić information content (AvgIpc) is 2.49. The minimum atomic E-state index is 0.358. The molecule has 1 rings (SSSR count). The number of ketones is 1. The summed E-state index contributed by atoms with van der Waals surface area (Å²) in [5, 5.41) is 1.53. The second kappa shape index (κ2) is 6.21. The fourth-order valence-corrected chi connectivity index (χ4v) is 10.8. The molecule has 1 saturated heterocycles. The van der Waals surface area contributed by atoms with E-state index in [1.54, 1.807) is 6.92 Å².